The summed E-state index contributed by atoms with van der Waals surface area (Å²) in [6.07, 6.45) is 0.994. The molecule has 128 valence electrons. The van der Waals surface area contributed by atoms with Crippen LogP contribution in [0.25, 0.3) is 0 Å². The Labute approximate surface area is 138 Å². The molecule has 6 heteroatoms. The molecule has 23 heavy (non-hydrogen) atoms. The highest BCUT2D eigenvalue weighted by Gasteiger charge is 2.05. The molecule has 1 aromatic carbocycles. The quantitative estimate of drug-likeness (QED) is 0.503. The minimum atomic E-state index is -0.109. The summed E-state index contributed by atoms with van der Waals surface area (Å²) in [5, 5.41) is 9.25. The van der Waals surface area contributed by atoms with Crippen molar-refractivity contribution < 1.29 is 9.53 Å². The van der Waals surface area contributed by atoms with E-state index in [-0.39, 0.29) is 12.5 Å². The first-order valence-electron chi connectivity index (χ1n) is 8.03. The molecule has 0 aliphatic rings. The molecule has 1 atom stereocenters. The molecule has 0 aliphatic heterocycles. The Morgan fingerprint density at radius 1 is 1.22 bits per heavy atom. The van der Waals surface area contributed by atoms with Gasteiger partial charge in [0, 0.05) is 19.1 Å². The van der Waals surface area contributed by atoms with Crippen LogP contribution < -0.4 is 20.7 Å². The average molecular weight is 320 g/mol. The molecular formula is C17H28N4O2. The Hall–Kier alpha value is -2.24. The van der Waals surface area contributed by atoms with E-state index >= 15 is 0 Å². The molecule has 0 aliphatic carbocycles. The molecule has 1 amide bonds. The maximum absolute atomic E-state index is 11.9. The lowest BCUT2D eigenvalue weighted by Crippen LogP contribution is -2.42. The van der Waals surface area contributed by atoms with Gasteiger partial charge in [-0.2, -0.15) is 0 Å². The van der Waals surface area contributed by atoms with E-state index in [2.05, 4.69) is 34.8 Å². The van der Waals surface area contributed by atoms with Gasteiger partial charge < -0.3 is 20.7 Å². The maximum atomic E-state index is 11.9. The lowest BCUT2D eigenvalue weighted by Gasteiger charge is -2.16. The molecule has 0 fully saturated rings. The lowest BCUT2D eigenvalue weighted by molar-refractivity contribution is -0.119. The molecule has 0 saturated heterocycles. The van der Waals surface area contributed by atoms with E-state index in [1.807, 2.05) is 31.2 Å². The molecule has 6 nitrogen and oxygen atoms in total. The van der Waals surface area contributed by atoms with Crippen molar-refractivity contribution in [3.63, 3.8) is 0 Å². The standard InChI is InChI=1S/C17H28N4O2/c1-5-13(3)21-17(18-6-2)20-12-16(22)19-11-14-7-9-15(23-4)10-8-14/h7-10,13H,5-6,11-12H2,1-4H3,(H,19,22)(H2,18,20,21). The number of hydrogen-bond donors (Lipinski definition) is 3. The Balaban J connectivity index is 2.45. The smallest absolute Gasteiger partial charge is 0.242 e. The molecule has 0 aromatic heterocycles. The van der Waals surface area contributed by atoms with E-state index in [1.54, 1.807) is 7.11 Å². The summed E-state index contributed by atoms with van der Waals surface area (Å²) in [6, 6.07) is 7.92. The molecule has 0 bridgehead atoms. The van der Waals surface area contributed by atoms with Crippen molar-refractivity contribution in [3.8, 4) is 5.75 Å². The van der Waals surface area contributed by atoms with Gasteiger partial charge in [0.15, 0.2) is 5.96 Å². The van der Waals surface area contributed by atoms with Crippen LogP contribution >= 0.6 is 0 Å². The summed E-state index contributed by atoms with van der Waals surface area (Å²) in [6.45, 7) is 7.52. The van der Waals surface area contributed by atoms with Crippen LogP contribution in [0.4, 0.5) is 0 Å². The fraction of sp³-hybridized carbons (Fsp3) is 0.529. The second-order valence-corrected chi connectivity index (χ2v) is 5.27. The number of hydrogen-bond acceptors (Lipinski definition) is 3. The van der Waals surface area contributed by atoms with E-state index < -0.39 is 0 Å². The van der Waals surface area contributed by atoms with Crippen molar-refractivity contribution in [2.75, 3.05) is 20.2 Å². The van der Waals surface area contributed by atoms with Gasteiger partial charge in [-0.15, -0.1) is 0 Å². The second-order valence-electron chi connectivity index (χ2n) is 5.27. The maximum Gasteiger partial charge on any atom is 0.242 e. The van der Waals surface area contributed by atoms with E-state index in [9.17, 15) is 4.79 Å². The zero-order valence-electron chi connectivity index (χ0n) is 14.5. The first-order chi connectivity index (χ1) is 11.1. The molecule has 1 aromatic rings. The van der Waals surface area contributed by atoms with Gasteiger partial charge in [0.25, 0.3) is 0 Å². The number of benzene rings is 1. The Morgan fingerprint density at radius 3 is 2.48 bits per heavy atom. The summed E-state index contributed by atoms with van der Waals surface area (Å²) in [4.78, 5) is 16.2. The number of carbonyl (C=O) groups excluding carboxylic acids is 1. The zero-order valence-corrected chi connectivity index (χ0v) is 14.5. The minimum Gasteiger partial charge on any atom is -0.497 e. The summed E-state index contributed by atoms with van der Waals surface area (Å²) in [5.41, 5.74) is 1.02. The SMILES string of the molecule is CCNC(=NCC(=O)NCc1ccc(OC)cc1)NC(C)CC. The molecule has 0 radical (unpaired) electrons. The number of nitrogens with zero attached hydrogens (tertiary/aromatic N) is 1. The molecule has 1 rings (SSSR count). The Morgan fingerprint density at radius 2 is 1.91 bits per heavy atom. The molecule has 0 heterocycles. The van der Waals surface area contributed by atoms with Gasteiger partial charge >= 0.3 is 0 Å². The Bertz CT molecular complexity index is 500. The third-order valence-corrected chi connectivity index (χ3v) is 3.37. The number of amides is 1. The number of nitrogens with one attached hydrogen (secondary N) is 3. The fourth-order valence-corrected chi connectivity index (χ4v) is 1.81. The largest absolute Gasteiger partial charge is 0.497 e. The summed E-state index contributed by atoms with van der Waals surface area (Å²) in [5.74, 6) is 1.36. The summed E-state index contributed by atoms with van der Waals surface area (Å²) < 4.78 is 5.10. The van der Waals surface area contributed by atoms with Crippen LogP contribution in [0.3, 0.4) is 0 Å². The Kier molecular flexibility index (Phi) is 8.57. The number of ether oxygens (including phenoxy) is 1. The molecule has 1 unspecified atom stereocenters. The number of aliphatic imine (C=N–C) groups is 1. The van der Waals surface area contributed by atoms with Crippen LogP contribution in [-0.4, -0.2) is 38.1 Å². The van der Waals surface area contributed by atoms with E-state index in [0.717, 1.165) is 24.3 Å². The minimum absolute atomic E-state index is 0.0991. The first kappa shape index (κ1) is 18.8. The van der Waals surface area contributed by atoms with E-state index in [1.165, 1.54) is 0 Å². The monoisotopic (exact) mass is 320 g/mol. The van der Waals surface area contributed by atoms with Crippen molar-refractivity contribution >= 4 is 11.9 Å². The highest BCUT2D eigenvalue weighted by molar-refractivity contribution is 5.85. The predicted octanol–water partition coefficient (Wildman–Crippen LogP) is 1.66. The van der Waals surface area contributed by atoms with Crippen LogP contribution in [-0.2, 0) is 11.3 Å². The molecular weight excluding hydrogens is 292 g/mol. The van der Waals surface area contributed by atoms with Crippen LogP contribution in [0.15, 0.2) is 29.3 Å². The number of methoxy groups -OCH3 is 1. The number of carbonyl (C=O) groups is 1. The van der Waals surface area contributed by atoms with Gasteiger partial charge in [-0.3, -0.25) is 4.79 Å². The lowest BCUT2D eigenvalue weighted by atomic mass is 10.2. The highest BCUT2D eigenvalue weighted by atomic mass is 16.5. The van der Waals surface area contributed by atoms with Gasteiger partial charge in [0.2, 0.25) is 5.91 Å². The summed E-state index contributed by atoms with van der Waals surface area (Å²) >= 11 is 0. The van der Waals surface area contributed by atoms with Gasteiger partial charge in [0.05, 0.1) is 7.11 Å². The van der Waals surface area contributed by atoms with E-state index in [4.69, 9.17) is 4.74 Å². The van der Waals surface area contributed by atoms with Crippen molar-refractivity contribution in [3.05, 3.63) is 29.8 Å². The first-order valence-corrected chi connectivity index (χ1v) is 8.03. The average Bonchev–Trinajstić information content (AvgIpc) is 2.58. The van der Waals surface area contributed by atoms with Crippen LogP contribution in [0, 0.1) is 0 Å². The van der Waals surface area contributed by atoms with Gasteiger partial charge in [0.1, 0.15) is 12.3 Å². The van der Waals surface area contributed by atoms with Crippen molar-refractivity contribution in [1.82, 2.24) is 16.0 Å². The fourth-order valence-electron chi connectivity index (χ4n) is 1.81. The second kappa shape index (κ2) is 10.5. The van der Waals surface area contributed by atoms with E-state index in [0.29, 0.717) is 18.5 Å². The van der Waals surface area contributed by atoms with Crippen molar-refractivity contribution in [2.45, 2.75) is 39.8 Å². The molecule has 0 saturated carbocycles. The zero-order chi connectivity index (χ0) is 17.1. The third-order valence-electron chi connectivity index (χ3n) is 3.37. The van der Waals surface area contributed by atoms with Crippen molar-refractivity contribution in [2.24, 2.45) is 4.99 Å². The molecule has 3 N–H and O–H groups in total. The predicted molar refractivity (Wildman–Crippen MR) is 93.7 cm³/mol. The van der Waals surface area contributed by atoms with Crippen LogP contribution in [0.1, 0.15) is 32.8 Å². The summed E-state index contributed by atoms with van der Waals surface area (Å²) in [7, 11) is 1.63. The van der Waals surface area contributed by atoms with Gasteiger partial charge in [-0.25, -0.2) is 4.99 Å². The number of rotatable bonds is 8. The third kappa shape index (κ3) is 7.54. The molecule has 0 spiro atoms. The topological polar surface area (TPSA) is 74.8 Å². The van der Waals surface area contributed by atoms with Crippen LogP contribution in [0.2, 0.25) is 0 Å². The van der Waals surface area contributed by atoms with Crippen LogP contribution in [0.5, 0.6) is 5.75 Å². The highest BCUT2D eigenvalue weighted by Crippen LogP contribution is 2.10. The number of guanidine groups is 1. The normalized spacial score (nSPS) is 12.4. The van der Waals surface area contributed by atoms with Gasteiger partial charge in [-0.05, 0) is 38.0 Å². The van der Waals surface area contributed by atoms with Gasteiger partial charge in [-0.1, -0.05) is 19.1 Å². The van der Waals surface area contributed by atoms with Crippen molar-refractivity contribution in [1.29, 1.82) is 0 Å².